The predicted molar refractivity (Wildman–Crippen MR) is 62.6 cm³/mol. The van der Waals surface area contributed by atoms with Crippen molar-refractivity contribution in [3.63, 3.8) is 0 Å². The monoisotopic (exact) mass is 247 g/mol. The average molecular weight is 248 g/mol. The summed E-state index contributed by atoms with van der Waals surface area (Å²) in [5.41, 5.74) is -0.418. The minimum atomic E-state index is -0.418. The summed E-state index contributed by atoms with van der Waals surface area (Å²) >= 11 is 7.15. The molecule has 1 heterocycles. The second-order valence-electron chi connectivity index (χ2n) is 3.91. The quantitative estimate of drug-likeness (QED) is 0.858. The molecule has 84 valence electrons. The zero-order chi connectivity index (χ0) is 11.5. The normalized spacial score (nSPS) is 11.5. The van der Waals surface area contributed by atoms with E-state index in [4.69, 9.17) is 16.7 Å². The number of aliphatic hydroxyl groups is 1. The Balaban J connectivity index is 2.68. The van der Waals surface area contributed by atoms with Crippen LogP contribution < -0.4 is 5.32 Å². The first kappa shape index (κ1) is 12.5. The van der Waals surface area contributed by atoms with Gasteiger partial charge in [-0.25, -0.2) is 0 Å². The molecule has 1 amide bonds. The van der Waals surface area contributed by atoms with Crippen molar-refractivity contribution in [2.45, 2.75) is 25.8 Å². The molecule has 0 saturated heterocycles. The Morgan fingerprint density at radius 3 is 2.80 bits per heavy atom. The molecule has 0 radical (unpaired) electrons. The summed E-state index contributed by atoms with van der Waals surface area (Å²) in [6.07, 6.45) is 0.516. The average Bonchev–Trinajstić information content (AvgIpc) is 2.50. The standard InChI is InChI=1S/C10H14ClNO2S/c1-10(2,4-5-13)12-9(14)8-7(11)3-6-15-8/h3,6,13H,4-5H2,1-2H3,(H,12,14). The molecule has 1 aromatic rings. The number of hydrogen-bond donors (Lipinski definition) is 2. The van der Waals surface area contributed by atoms with Gasteiger partial charge in [-0.3, -0.25) is 4.79 Å². The molecule has 0 unspecified atom stereocenters. The Morgan fingerprint density at radius 1 is 1.67 bits per heavy atom. The number of carbonyl (C=O) groups is 1. The summed E-state index contributed by atoms with van der Waals surface area (Å²) < 4.78 is 0. The minimum Gasteiger partial charge on any atom is -0.396 e. The fourth-order valence-electron chi connectivity index (χ4n) is 1.16. The van der Waals surface area contributed by atoms with Gasteiger partial charge in [0.2, 0.25) is 0 Å². The Bertz CT molecular complexity index is 349. The first-order valence-electron chi connectivity index (χ1n) is 4.62. The van der Waals surface area contributed by atoms with Gasteiger partial charge in [0.25, 0.3) is 5.91 Å². The van der Waals surface area contributed by atoms with Crippen molar-refractivity contribution in [2.24, 2.45) is 0 Å². The lowest BCUT2D eigenvalue weighted by atomic mass is 10.0. The van der Waals surface area contributed by atoms with Crippen LogP contribution in [-0.4, -0.2) is 23.2 Å². The van der Waals surface area contributed by atoms with Crippen molar-refractivity contribution in [3.05, 3.63) is 21.3 Å². The maximum Gasteiger partial charge on any atom is 0.263 e. The van der Waals surface area contributed by atoms with E-state index >= 15 is 0 Å². The molecule has 3 nitrogen and oxygen atoms in total. The number of hydrogen-bond acceptors (Lipinski definition) is 3. The van der Waals surface area contributed by atoms with Crippen molar-refractivity contribution in [1.82, 2.24) is 5.32 Å². The van der Waals surface area contributed by atoms with Crippen LogP contribution >= 0.6 is 22.9 Å². The number of thiophene rings is 1. The van der Waals surface area contributed by atoms with Gasteiger partial charge in [-0.15, -0.1) is 11.3 Å². The molecule has 0 fully saturated rings. The molecule has 0 aromatic carbocycles. The van der Waals surface area contributed by atoms with E-state index in [0.717, 1.165) is 0 Å². The molecule has 0 aliphatic heterocycles. The number of halogens is 1. The number of rotatable bonds is 4. The molecule has 0 bridgehead atoms. The summed E-state index contributed by atoms with van der Waals surface area (Å²) in [4.78, 5) is 12.3. The van der Waals surface area contributed by atoms with E-state index in [2.05, 4.69) is 5.32 Å². The number of aliphatic hydroxyl groups excluding tert-OH is 1. The third-order valence-corrected chi connectivity index (χ3v) is 3.35. The predicted octanol–water partition coefficient (Wildman–Crippen LogP) is 2.29. The number of carbonyl (C=O) groups excluding carboxylic acids is 1. The highest BCUT2D eigenvalue weighted by molar-refractivity contribution is 7.12. The van der Waals surface area contributed by atoms with Crippen molar-refractivity contribution in [2.75, 3.05) is 6.61 Å². The first-order chi connectivity index (χ1) is 6.96. The number of nitrogens with one attached hydrogen (secondary N) is 1. The Kier molecular flexibility index (Phi) is 4.13. The summed E-state index contributed by atoms with van der Waals surface area (Å²) in [7, 11) is 0. The maximum absolute atomic E-state index is 11.8. The molecule has 5 heteroatoms. The highest BCUT2D eigenvalue weighted by Gasteiger charge is 2.22. The van der Waals surface area contributed by atoms with Crippen LogP contribution in [0.1, 0.15) is 29.9 Å². The molecular weight excluding hydrogens is 234 g/mol. The van der Waals surface area contributed by atoms with Gasteiger partial charge in [0.1, 0.15) is 4.88 Å². The molecule has 1 rings (SSSR count). The van der Waals surface area contributed by atoms with Gasteiger partial charge in [0, 0.05) is 12.1 Å². The molecule has 0 aliphatic rings. The minimum absolute atomic E-state index is 0.0471. The van der Waals surface area contributed by atoms with Crippen molar-refractivity contribution < 1.29 is 9.90 Å². The number of amides is 1. The van der Waals surface area contributed by atoms with Gasteiger partial charge in [-0.1, -0.05) is 11.6 Å². The van der Waals surface area contributed by atoms with E-state index in [1.807, 2.05) is 13.8 Å². The molecule has 0 spiro atoms. The highest BCUT2D eigenvalue weighted by atomic mass is 35.5. The molecule has 0 aliphatic carbocycles. The van der Waals surface area contributed by atoms with Crippen LogP contribution in [0.2, 0.25) is 5.02 Å². The van der Waals surface area contributed by atoms with Crippen LogP contribution in [0.15, 0.2) is 11.4 Å². The van der Waals surface area contributed by atoms with Gasteiger partial charge in [-0.05, 0) is 31.7 Å². The molecule has 1 aromatic heterocycles. The van der Waals surface area contributed by atoms with E-state index in [1.165, 1.54) is 11.3 Å². The largest absolute Gasteiger partial charge is 0.396 e. The van der Waals surface area contributed by atoms with Crippen LogP contribution in [0.3, 0.4) is 0 Å². The molecule has 0 saturated carbocycles. The van der Waals surface area contributed by atoms with Gasteiger partial charge in [0.05, 0.1) is 5.02 Å². The zero-order valence-electron chi connectivity index (χ0n) is 8.71. The molecule has 15 heavy (non-hydrogen) atoms. The third kappa shape index (κ3) is 3.48. The molecular formula is C10H14ClNO2S. The summed E-state index contributed by atoms with van der Waals surface area (Å²) in [6, 6.07) is 1.69. The van der Waals surface area contributed by atoms with Crippen molar-refractivity contribution in [3.8, 4) is 0 Å². The van der Waals surface area contributed by atoms with E-state index in [1.54, 1.807) is 11.4 Å². The van der Waals surface area contributed by atoms with Crippen LogP contribution in [0, 0.1) is 0 Å². The Labute approximate surface area is 98.1 Å². The maximum atomic E-state index is 11.8. The van der Waals surface area contributed by atoms with E-state index in [9.17, 15) is 4.79 Å². The van der Waals surface area contributed by atoms with Gasteiger partial charge in [-0.2, -0.15) is 0 Å². The van der Waals surface area contributed by atoms with Crippen LogP contribution in [0.4, 0.5) is 0 Å². The van der Waals surface area contributed by atoms with Gasteiger partial charge < -0.3 is 10.4 Å². The summed E-state index contributed by atoms with van der Waals surface area (Å²) in [6.45, 7) is 3.77. The van der Waals surface area contributed by atoms with Crippen LogP contribution in [-0.2, 0) is 0 Å². The van der Waals surface area contributed by atoms with E-state index in [0.29, 0.717) is 16.3 Å². The van der Waals surface area contributed by atoms with Crippen LogP contribution in [0.5, 0.6) is 0 Å². The van der Waals surface area contributed by atoms with Crippen molar-refractivity contribution in [1.29, 1.82) is 0 Å². The Morgan fingerprint density at radius 2 is 2.33 bits per heavy atom. The van der Waals surface area contributed by atoms with E-state index < -0.39 is 5.54 Å². The lowest BCUT2D eigenvalue weighted by molar-refractivity contribution is 0.0904. The molecule has 0 atom stereocenters. The Hall–Kier alpha value is -0.580. The van der Waals surface area contributed by atoms with Gasteiger partial charge >= 0.3 is 0 Å². The van der Waals surface area contributed by atoms with Gasteiger partial charge in [0.15, 0.2) is 0 Å². The lowest BCUT2D eigenvalue weighted by Crippen LogP contribution is -2.43. The topological polar surface area (TPSA) is 49.3 Å². The second-order valence-corrected chi connectivity index (χ2v) is 5.23. The fourth-order valence-corrected chi connectivity index (χ4v) is 2.20. The third-order valence-electron chi connectivity index (χ3n) is 2.01. The summed E-state index contributed by atoms with van der Waals surface area (Å²) in [5.74, 6) is -0.187. The molecule has 2 N–H and O–H groups in total. The first-order valence-corrected chi connectivity index (χ1v) is 5.88. The summed E-state index contributed by atoms with van der Waals surface area (Å²) in [5, 5.41) is 13.9. The second kappa shape index (κ2) is 4.96. The SMILES string of the molecule is CC(C)(CCO)NC(=O)c1sccc1Cl. The highest BCUT2D eigenvalue weighted by Crippen LogP contribution is 2.22. The fraction of sp³-hybridized carbons (Fsp3) is 0.500. The lowest BCUT2D eigenvalue weighted by Gasteiger charge is -2.25. The smallest absolute Gasteiger partial charge is 0.263 e. The van der Waals surface area contributed by atoms with Crippen molar-refractivity contribution >= 4 is 28.8 Å². The van der Waals surface area contributed by atoms with Crippen LogP contribution in [0.25, 0.3) is 0 Å². The van der Waals surface area contributed by atoms with E-state index in [-0.39, 0.29) is 12.5 Å². The zero-order valence-corrected chi connectivity index (χ0v) is 10.3.